The van der Waals surface area contributed by atoms with E-state index in [0.717, 1.165) is 18.9 Å². The SMILES string of the molecule is Nc1nc(Nc2cc(Cl)c(-c3cccc(S(=O)(=O)N4CCCC4)c3)c(C(F)(F)F)c2)n[nH]1. The Bertz CT molecular complexity index is 1260. The van der Waals surface area contributed by atoms with E-state index >= 15 is 0 Å². The second-order valence-corrected chi connectivity index (χ2v) is 9.53. The summed E-state index contributed by atoms with van der Waals surface area (Å²) in [7, 11) is -3.81. The molecular weight excluding hydrogens is 469 g/mol. The van der Waals surface area contributed by atoms with Crippen molar-refractivity contribution in [3.05, 3.63) is 47.0 Å². The molecule has 4 rings (SSSR count). The molecule has 2 heterocycles. The first-order chi connectivity index (χ1) is 15.1. The summed E-state index contributed by atoms with van der Waals surface area (Å²) in [5.41, 5.74) is 4.10. The number of hydrogen-bond acceptors (Lipinski definition) is 6. The van der Waals surface area contributed by atoms with E-state index in [4.69, 9.17) is 17.3 Å². The molecule has 8 nitrogen and oxygen atoms in total. The largest absolute Gasteiger partial charge is 0.417 e. The molecule has 1 aliphatic rings. The number of aromatic amines is 1. The molecule has 0 unspecified atom stereocenters. The van der Waals surface area contributed by atoms with Crippen molar-refractivity contribution < 1.29 is 21.6 Å². The summed E-state index contributed by atoms with van der Waals surface area (Å²) in [5, 5.41) is 8.48. The van der Waals surface area contributed by atoms with Crippen molar-refractivity contribution in [2.24, 2.45) is 0 Å². The first kappa shape index (κ1) is 22.4. The van der Waals surface area contributed by atoms with Crippen LogP contribution in [0.2, 0.25) is 5.02 Å². The zero-order valence-corrected chi connectivity index (χ0v) is 18.0. The van der Waals surface area contributed by atoms with Gasteiger partial charge in [0.2, 0.25) is 21.9 Å². The minimum absolute atomic E-state index is 0.00841. The average Bonchev–Trinajstić information content (AvgIpc) is 3.39. The van der Waals surface area contributed by atoms with Crippen LogP contribution in [0.5, 0.6) is 0 Å². The van der Waals surface area contributed by atoms with Gasteiger partial charge in [-0.15, -0.1) is 5.10 Å². The number of halogens is 4. The van der Waals surface area contributed by atoms with Crippen LogP contribution in [0.25, 0.3) is 11.1 Å². The Kier molecular flexibility index (Phi) is 5.77. The van der Waals surface area contributed by atoms with E-state index < -0.39 is 21.8 Å². The van der Waals surface area contributed by atoms with Crippen molar-refractivity contribution in [2.45, 2.75) is 23.9 Å². The lowest BCUT2D eigenvalue weighted by Gasteiger charge is -2.19. The van der Waals surface area contributed by atoms with Crippen LogP contribution in [0, 0.1) is 0 Å². The van der Waals surface area contributed by atoms with Gasteiger partial charge in [-0.05, 0) is 42.7 Å². The summed E-state index contributed by atoms with van der Waals surface area (Å²) in [5.74, 6) is -0.0413. The fourth-order valence-corrected chi connectivity index (χ4v) is 5.44. The normalized spacial score (nSPS) is 15.2. The van der Waals surface area contributed by atoms with E-state index in [0.29, 0.717) is 13.1 Å². The number of hydrogen-bond donors (Lipinski definition) is 3. The smallest absolute Gasteiger partial charge is 0.368 e. The van der Waals surface area contributed by atoms with E-state index in [1.54, 1.807) is 0 Å². The molecule has 0 saturated carbocycles. The number of nitrogens with two attached hydrogens (primary N) is 1. The van der Waals surface area contributed by atoms with Gasteiger partial charge in [-0.3, -0.25) is 0 Å². The summed E-state index contributed by atoms with van der Waals surface area (Å²) in [6.07, 6.45) is -3.28. The molecule has 0 aliphatic carbocycles. The van der Waals surface area contributed by atoms with Gasteiger partial charge in [0, 0.05) is 24.3 Å². The van der Waals surface area contributed by atoms with Crippen LogP contribution in [-0.4, -0.2) is 41.0 Å². The number of H-pyrrole nitrogens is 1. The van der Waals surface area contributed by atoms with Crippen LogP contribution in [0.15, 0.2) is 41.3 Å². The van der Waals surface area contributed by atoms with Crippen LogP contribution in [0.1, 0.15) is 18.4 Å². The van der Waals surface area contributed by atoms with Crippen molar-refractivity contribution in [1.82, 2.24) is 19.5 Å². The Balaban J connectivity index is 1.79. The number of nitrogen functional groups attached to an aromatic ring is 1. The van der Waals surface area contributed by atoms with Crippen molar-refractivity contribution in [1.29, 1.82) is 0 Å². The Morgan fingerprint density at radius 1 is 1.16 bits per heavy atom. The molecule has 3 aromatic rings. The summed E-state index contributed by atoms with van der Waals surface area (Å²) >= 11 is 6.27. The van der Waals surface area contributed by atoms with E-state index in [9.17, 15) is 21.6 Å². The molecule has 32 heavy (non-hydrogen) atoms. The molecule has 170 valence electrons. The number of aromatic nitrogens is 3. The van der Waals surface area contributed by atoms with Gasteiger partial charge in [-0.25, -0.2) is 13.5 Å². The van der Waals surface area contributed by atoms with Gasteiger partial charge in [0.25, 0.3) is 0 Å². The maximum atomic E-state index is 13.9. The van der Waals surface area contributed by atoms with Gasteiger partial charge in [0.15, 0.2) is 0 Å². The van der Waals surface area contributed by atoms with E-state index in [2.05, 4.69) is 20.5 Å². The van der Waals surface area contributed by atoms with E-state index in [-0.39, 0.29) is 38.6 Å². The van der Waals surface area contributed by atoms with Crippen molar-refractivity contribution in [2.75, 3.05) is 24.1 Å². The third-order valence-electron chi connectivity index (χ3n) is 4.98. The number of nitrogens with one attached hydrogen (secondary N) is 2. The lowest BCUT2D eigenvalue weighted by Crippen LogP contribution is -2.27. The Morgan fingerprint density at radius 3 is 2.50 bits per heavy atom. The van der Waals surface area contributed by atoms with Gasteiger partial charge in [-0.1, -0.05) is 23.7 Å². The van der Waals surface area contributed by atoms with Gasteiger partial charge in [0.05, 0.1) is 15.5 Å². The second kappa shape index (κ2) is 8.26. The van der Waals surface area contributed by atoms with E-state index in [1.165, 1.54) is 34.6 Å². The third kappa shape index (κ3) is 4.38. The molecule has 4 N–H and O–H groups in total. The van der Waals surface area contributed by atoms with Crippen LogP contribution in [0.4, 0.5) is 30.8 Å². The Morgan fingerprint density at radius 2 is 1.88 bits per heavy atom. The molecule has 0 amide bonds. The molecule has 0 atom stereocenters. The molecule has 0 spiro atoms. The van der Waals surface area contributed by atoms with Crippen LogP contribution < -0.4 is 11.1 Å². The quantitative estimate of drug-likeness (QED) is 0.496. The first-order valence-electron chi connectivity index (χ1n) is 9.52. The Hall–Kier alpha value is -2.83. The van der Waals surface area contributed by atoms with Crippen molar-refractivity contribution in [3.8, 4) is 11.1 Å². The fourth-order valence-electron chi connectivity index (χ4n) is 3.54. The van der Waals surface area contributed by atoms with Crippen LogP contribution in [0.3, 0.4) is 0 Å². The number of anilines is 3. The topological polar surface area (TPSA) is 117 Å². The number of nitrogens with zero attached hydrogens (tertiary/aromatic N) is 3. The summed E-state index contributed by atoms with van der Waals surface area (Å²) in [6, 6.07) is 7.50. The maximum Gasteiger partial charge on any atom is 0.417 e. The number of rotatable bonds is 5. The third-order valence-corrected chi connectivity index (χ3v) is 7.17. The van der Waals surface area contributed by atoms with Crippen molar-refractivity contribution >= 4 is 39.2 Å². The molecule has 1 aliphatic heterocycles. The second-order valence-electron chi connectivity index (χ2n) is 7.19. The van der Waals surface area contributed by atoms with Gasteiger partial charge >= 0.3 is 6.18 Å². The lowest BCUT2D eigenvalue weighted by atomic mass is 9.98. The highest BCUT2D eigenvalue weighted by Crippen LogP contribution is 2.43. The molecular formula is C19H18ClF3N6O2S. The van der Waals surface area contributed by atoms with Crippen molar-refractivity contribution in [3.63, 3.8) is 0 Å². The zero-order chi connectivity index (χ0) is 23.1. The summed E-state index contributed by atoms with van der Waals surface area (Å²) < 4.78 is 68.9. The zero-order valence-electron chi connectivity index (χ0n) is 16.4. The number of benzene rings is 2. The number of alkyl halides is 3. The average molecular weight is 487 g/mol. The number of sulfonamides is 1. The first-order valence-corrected chi connectivity index (χ1v) is 11.3. The van der Waals surface area contributed by atoms with E-state index in [1.807, 2.05) is 0 Å². The predicted molar refractivity (Wildman–Crippen MR) is 114 cm³/mol. The molecule has 0 radical (unpaired) electrons. The standard InChI is InChI=1S/C19H18ClF3N6O2S/c20-15-10-12(25-18-26-17(24)27-28-18)9-14(19(21,22)23)16(15)11-4-3-5-13(8-11)32(30,31)29-6-1-2-7-29/h3-5,8-10H,1-2,6-7H2,(H4,24,25,26,27,28). The highest BCUT2D eigenvalue weighted by Gasteiger charge is 2.36. The monoisotopic (exact) mass is 486 g/mol. The molecule has 0 bridgehead atoms. The highest BCUT2D eigenvalue weighted by atomic mass is 35.5. The van der Waals surface area contributed by atoms with Gasteiger partial charge in [-0.2, -0.15) is 22.5 Å². The fraction of sp³-hybridized carbons (Fsp3) is 0.263. The minimum Gasteiger partial charge on any atom is -0.368 e. The molecule has 1 fully saturated rings. The summed E-state index contributed by atoms with van der Waals surface area (Å²) in [4.78, 5) is 3.70. The molecule has 13 heteroatoms. The predicted octanol–water partition coefficient (Wildman–Crippen LogP) is 4.25. The van der Waals surface area contributed by atoms with Crippen LogP contribution in [-0.2, 0) is 16.2 Å². The molecule has 1 aromatic heterocycles. The highest BCUT2D eigenvalue weighted by molar-refractivity contribution is 7.89. The Labute approximate surface area is 186 Å². The van der Waals surface area contributed by atoms with Gasteiger partial charge < -0.3 is 11.1 Å². The maximum absolute atomic E-state index is 13.9. The lowest BCUT2D eigenvalue weighted by molar-refractivity contribution is -0.137. The van der Waals surface area contributed by atoms with Gasteiger partial charge in [0.1, 0.15) is 0 Å². The molecule has 2 aromatic carbocycles. The minimum atomic E-state index is -4.77. The molecule has 1 saturated heterocycles. The summed E-state index contributed by atoms with van der Waals surface area (Å²) in [6.45, 7) is 0.764. The van der Waals surface area contributed by atoms with Crippen LogP contribution >= 0.6 is 11.6 Å².